The first-order valence-corrected chi connectivity index (χ1v) is 11.3. The number of nitrogens with zero attached hydrogens (tertiary/aromatic N) is 1. The molecule has 9 heteroatoms. The molecule has 0 saturated carbocycles. The minimum absolute atomic E-state index is 0. The number of rotatable bonds is 8. The van der Waals surface area contributed by atoms with Crippen molar-refractivity contribution < 1.29 is 27.4 Å². The number of hydrogen-bond acceptors (Lipinski definition) is 8. The van der Waals surface area contributed by atoms with Crippen LogP contribution < -0.4 is 24.7 Å². The molecule has 176 valence electrons. The predicted octanol–water partition coefficient (Wildman–Crippen LogP) is 4.00. The van der Waals surface area contributed by atoms with Crippen molar-refractivity contribution in [2.24, 2.45) is 5.73 Å². The average molecular weight is 465 g/mol. The van der Waals surface area contributed by atoms with Crippen molar-refractivity contribution in [3.63, 3.8) is 0 Å². The van der Waals surface area contributed by atoms with Crippen LogP contribution in [0.2, 0.25) is 0 Å². The minimum atomic E-state index is -3.27. The Bertz CT molecular complexity index is 1040. The van der Waals surface area contributed by atoms with E-state index < -0.39 is 9.84 Å². The zero-order chi connectivity index (χ0) is 23.4. The molecule has 0 aromatic heterocycles. The lowest BCUT2D eigenvalue weighted by atomic mass is 10.1. The molecule has 0 aliphatic carbocycles. The number of methoxy groups -OCH3 is 2. The third kappa shape index (κ3) is 9.18. The lowest BCUT2D eigenvalue weighted by Gasteiger charge is -2.11. The lowest BCUT2D eigenvalue weighted by molar-refractivity contribution is 0.311. The van der Waals surface area contributed by atoms with Crippen molar-refractivity contribution in [2.45, 2.75) is 21.3 Å². The van der Waals surface area contributed by atoms with E-state index in [2.05, 4.69) is 0 Å². The second-order valence-electron chi connectivity index (χ2n) is 6.11. The number of benzene rings is 2. The molecule has 0 amide bonds. The van der Waals surface area contributed by atoms with E-state index in [1.54, 1.807) is 43.5 Å². The topological polar surface area (TPSA) is 121 Å². The highest BCUT2D eigenvalue weighted by Crippen LogP contribution is 2.30. The van der Waals surface area contributed by atoms with Gasteiger partial charge in [-0.2, -0.15) is 5.26 Å². The highest BCUT2D eigenvalue weighted by Gasteiger charge is 2.08. The maximum atomic E-state index is 11.1. The molecule has 8 nitrogen and oxygen atoms in total. The summed E-state index contributed by atoms with van der Waals surface area (Å²) in [7, 11) is -0.163. The summed E-state index contributed by atoms with van der Waals surface area (Å²) in [5.74, 6) is 2.38. The van der Waals surface area contributed by atoms with Crippen molar-refractivity contribution in [3.05, 3.63) is 52.9 Å². The fourth-order valence-electron chi connectivity index (χ4n) is 2.44. The molecule has 0 bridgehead atoms. The normalized spacial score (nSPS) is 10.6. The van der Waals surface area contributed by atoms with E-state index in [-0.39, 0.29) is 13.1 Å². The summed E-state index contributed by atoms with van der Waals surface area (Å²) >= 11 is 0. The molecule has 0 unspecified atom stereocenters. The van der Waals surface area contributed by atoms with E-state index in [9.17, 15) is 8.42 Å². The van der Waals surface area contributed by atoms with Crippen LogP contribution in [0.15, 0.2) is 41.8 Å². The molecule has 0 fully saturated rings. The van der Waals surface area contributed by atoms with Crippen molar-refractivity contribution >= 4 is 15.5 Å². The molecular formula is C23H32N2O6S. The Morgan fingerprint density at radius 2 is 1.47 bits per heavy atom. The molecule has 0 atom stereocenters. The van der Waals surface area contributed by atoms with Crippen LogP contribution in [0.1, 0.15) is 32.4 Å². The van der Waals surface area contributed by atoms with Crippen LogP contribution in [-0.4, -0.2) is 42.1 Å². The van der Waals surface area contributed by atoms with Crippen LogP contribution in [0.4, 0.5) is 0 Å². The smallest absolute Gasteiger partial charge is 0.170 e. The average Bonchev–Trinajstić information content (AvgIpc) is 2.73. The van der Waals surface area contributed by atoms with Gasteiger partial charge >= 0.3 is 0 Å². The Morgan fingerprint density at radius 3 is 1.91 bits per heavy atom. The van der Waals surface area contributed by atoms with E-state index in [0.717, 1.165) is 11.7 Å². The van der Waals surface area contributed by atoms with Crippen LogP contribution in [0, 0.1) is 11.3 Å². The largest absolute Gasteiger partial charge is 0.493 e. The number of sulfone groups is 1. The van der Waals surface area contributed by atoms with Crippen molar-refractivity contribution in [1.29, 1.82) is 5.26 Å². The van der Waals surface area contributed by atoms with Gasteiger partial charge in [0.15, 0.2) is 32.8 Å². The van der Waals surface area contributed by atoms with Crippen LogP contribution in [0.5, 0.6) is 23.0 Å². The summed E-state index contributed by atoms with van der Waals surface area (Å²) < 4.78 is 43.2. The minimum Gasteiger partial charge on any atom is -0.493 e. The third-order valence-electron chi connectivity index (χ3n) is 3.73. The SMILES string of the molecule is C.CCOc1cc(C#N)ccc1OC.CCOc1cc(C(N)=CS(C)(=O)=O)ccc1OC. The Balaban J connectivity index is 0.000000611. The molecule has 0 aliphatic heterocycles. The highest BCUT2D eigenvalue weighted by molar-refractivity contribution is 7.93. The molecule has 0 radical (unpaired) electrons. The standard InChI is InChI=1S/C12H17NO4S.C10H11NO2.CH4/c1-4-17-12-7-9(5-6-11(12)16-2)10(13)8-18(3,14)15;1-3-13-10-6-8(7-11)4-5-9(10)12-2;/h5-8H,4,13H2,1-3H3;4-6H,3H2,1-2H3;1H4. The first kappa shape index (κ1) is 28.6. The molecule has 0 saturated heterocycles. The van der Waals surface area contributed by atoms with E-state index in [1.807, 2.05) is 19.9 Å². The maximum absolute atomic E-state index is 11.1. The Hall–Kier alpha value is -3.38. The van der Waals surface area contributed by atoms with Gasteiger partial charge in [0.05, 0.1) is 50.2 Å². The summed E-state index contributed by atoms with van der Waals surface area (Å²) in [6, 6.07) is 12.1. The summed E-state index contributed by atoms with van der Waals surface area (Å²) in [6.07, 6.45) is 1.09. The highest BCUT2D eigenvalue weighted by atomic mass is 32.2. The fraction of sp³-hybridized carbons (Fsp3) is 0.348. The van der Waals surface area contributed by atoms with Gasteiger partial charge in [0.25, 0.3) is 0 Å². The third-order valence-corrected chi connectivity index (χ3v) is 4.41. The van der Waals surface area contributed by atoms with Gasteiger partial charge in [-0.25, -0.2) is 8.42 Å². The molecule has 2 N–H and O–H groups in total. The van der Waals surface area contributed by atoms with Crippen LogP contribution in [0.3, 0.4) is 0 Å². The summed E-state index contributed by atoms with van der Waals surface area (Å²) in [6.45, 7) is 4.78. The van der Waals surface area contributed by atoms with Gasteiger partial charge in [-0.15, -0.1) is 0 Å². The maximum Gasteiger partial charge on any atom is 0.170 e. The van der Waals surface area contributed by atoms with E-state index in [1.165, 1.54) is 7.11 Å². The van der Waals surface area contributed by atoms with Crippen molar-refractivity contribution in [3.8, 4) is 29.1 Å². The zero-order valence-electron chi connectivity index (χ0n) is 18.3. The summed E-state index contributed by atoms with van der Waals surface area (Å²) in [5.41, 5.74) is 7.04. The Labute approximate surface area is 191 Å². The Morgan fingerprint density at radius 1 is 0.969 bits per heavy atom. The summed E-state index contributed by atoms with van der Waals surface area (Å²) in [5, 5.41) is 9.67. The molecule has 2 rings (SSSR count). The summed E-state index contributed by atoms with van der Waals surface area (Å²) in [4.78, 5) is 0. The number of nitriles is 1. The fourth-order valence-corrected chi connectivity index (χ4v) is 3.04. The molecule has 2 aromatic rings. The first-order valence-electron chi connectivity index (χ1n) is 9.38. The molecule has 2 aromatic carbocycles. The van der Waals surface area contributed by atoms with Crippen molar-refractivity contribution in [1.82, 2.24) is 0 Å². The van der Waals surface area contributed by atoms with Gasteiger partial charge in [0.2, 0.25) is 0 Å². The van der Waals surface area contributed by atoms with E-state index in [0.29, 0.717) is 47.3 Å². The zero-order valence-corrected chi connectivity index (χ0v) is 19.2. The van der Waals surface area contributed by atoms with Crippen LogP contribution in [0.25, 0.3) is 5.70 Å². The van der Waals surface area contributed by atoms with Gasteiger partial charge in [-0.3, -0.25) is 0 Å². The van der Waals surface area contributed by atoms with Gasteiger partial charge in [0, 0.05) is 17.9 Å². The second kappa shape index (κ2) is 13.8. The first-order chi connectivity index (χ1) is 14.7. The lowest BCUT2D eigenvalue weighted by Crippen LogP contribution is -2.02. The van der Waals surface area contributed by atoms with Gasteiger partial charge in [-0.1, -0.05) is 7.43 Å². The van der Waals surface area contributed by atoms with E-state index in [4.69, 9.17) is 29.9 Å². The molecule has 0 aliphatic rings. The second-order valence-corrected chi connectivity index (χ2v) is 8.01. The van der Waals surface area contributed by atoms with E-state index >= 15 is 0 Å². The van der Waals surface area contributed by atoms with Crippen LogP contribution >= 0.6 is 0 Å². The van der Waals surface area contributed by atoms with Gasteiger partial charge in [0.1, 0.15) is 0 Å². The molecular weight excluding hydrogens is 432 g/mol. The van der Waals surface area contributed by atoms with Crippen molar-refractivity contribution in [2.75, 3.05) is 33.7 Å². The molecule has 32 heavy (non-hydrogen) atoms. The quantitative estimate of drug-likeness (QED) is 0.622. The molecule has 0 spiro atoms. The predicted molar refractivity (Wildman–Crippen MR) is 127 cm³/mol. The molecule has 0 heterocycles. The number of ether oxygens (including phenoxy) is 4. The van der Waals surface area contributed by atoms with Gasteiger partial charge in [-0.05, 0) is 44.2 Å². The number of hydrogen-bond donors (Lipinski definition) is 1. The van der Waals surface area contributed by atoms with Crippen LogP contribution in [-0.2, 0) is 9.84 Å². The van der Waals surface area contributed by atoms with Gasteiger partial charge < -0.3 is 24.7 Å². The number of nitrogens with two attached hydrogens (primary N) is 1. The Kier molecular flexibility index (Phi) is 12.4. The monoisotopic (exact) mass is 464 g/mol.